The molecule has 34 heavy (non-hydrogen) atoms. The predicted octanol–water partition coefficient (Wildman–Crippen LogP) is 7.74. The van der Waals surface area contributed by atoms with Gasteiger partial charge in [0.1, 0.15) is 10.2 Å². The molecule has 4 rings (SSSR count). The number of anilines is 2. The molecular weight excluding hydrogens is 545 g/mol. The molecule has 176 valence electrons. The van der Waals surface area contributed by atoms with Gasteiger partial charge in [-0.2, -0.15) is 0 Å². The van der Waals surface area contributed by atoms with Crippen LogP contribution in [0, 0.1) is 11.7 Å². The normalized spacial score (nSPS) is 20.5. The van der Waals surface area contributed by atoms with Crippen LogP contribution in [0.25, 0.3) is 0 Å². The van der Waals surface area contributed by atoms with Crippen molar-refractivity contribution in [3.05, 3.63) is 92.7 Å². The van der Waals surface area contributed by atoms with Gasteiger partial charge in [-0.15, -0.1) is 0 Å². The summed E-state index contributed by atoms with van der Waals surface area (Å²) in [5.41, 5.74) is 0.517. The van der Waals surface area contributed by atoms with E-state index in [9.17, 15) is 14.0 Å². The molecule has 10 heteroatoms. The van der Waals surface area contributed by atoms with Crippen LogP contribution in [0.2, 0.25) is 15.1 Å². The van der Waals surface area contributed by atoms with Gasteiger partial charge < -0.3 is 10.6 Å². The highest BCUT2D eigenvalue weighted by Crippen LogP contribution is 2.70. The van der Waals surface area contributed by atoms with Gasteiger partial charge in [0.15, 0.2) is 0 Å². The highest BCUT2D eigenvalue weighted by molar-refractivity contribution is 6.54. The molecule has 0 spiro atoms. The lowest BCUT2D eigenvalue weighted by Crippen LogP contribution is -2.20. The molecule has 0 aromatic heterocycles. The number of benzene rings is 3. The first kappa shape index (κ1) is 25.1. The molecule has 0 bridgehead atoms. The lowest BCUT2D eigenvalue weighted by Gasteiger charge is -2.14. The predicted molar refractivity (Wildman–Crippen MR) is 136 cm³/mol. The highest BCUT2D eigenvalue weighted by Gasteiger charge is 2.77. The first-order valence-corrected chi connectivity index (χ1v) is 11.8. The smallest absolute Gasteiger partial charge is 0.257 e. The van der Waals surface area contributed by atoms with Crippen molar-refractivity contribution in [1.82, 2.24) is 0 Å². The fourth-order valence-corrected chi connectivity index (χ4v) is 5.59. The molecule has 3 aromatic carbocycles. The summed E-state index contributed by atoms with van der Waals surface area (Å²) in [7, 11) is 0. The molecular formula is C24H16Cl5FN2O2. The summed E-state index contributed by atoms with van der Waals surface area (Å²) in [5, 5.41) is 6.34. The number of halogens is 6. The van der Waals surface area contributed by atoms with Gasteiger partial charge in [-0.05, 0) is 66.2 Å². The first-order valence-electron chi connectivity index (χ1n) is 9.95. The Morgan fingerprint density at radius 1 is 0.853 bits per heavy atom. The second-order valence-electron chi connectivity index (χ2n) is 8.06. The third-order valence-electron chi connectivity index (χ3n) is 5.85. The van der Waals surface area contributed by atoms with E-state index in [-0.39, 0.29) is 10.6 Å². The Kier molecular flexibility index (Phi) is 6.80. The van der Waals surface area contributed by atoms with Crippen molar-refractivity contribution in [2.24, 2.45) is 5.92 Å². The number of alkyl halides is 2. The third kappa shape index (κ3) is 4.60. The van der Waals surface area contributed by atoms with Crippen LogP contribution in [0.5, 0.6) is 0 Å². The Hall–Kier alpha value is -2.02. The molecule has 1 saturated carbocycles. The van der Waals surface area contributed by atoms with Crippen molar-refractivity contribution in [3.8, 4) is 0 Å². The molecule has 1 fully saturated rings. The van der Waals surface area contributed by atoms with E-state index in [4.69, 9.17) is 58.0 Å². The monoisotopic (exact) mass is 558 g/mol. The Balaban J connectivity index is 1.54. The summed E-state index contributed by atoms with van der Waals surface area (Å²) in [4.78, 5) is 25.8. The topological polar surface area (TPSA) is 58.2 Å². The van der Waals surface area contributed by atoms with Crippen molar-refractivity contribution in [3.63, 3.8) is 0 Å². The van der Waals surface area contributed by atoms with E-state index >= 15 is 0 Å². The summed E-state index contributed by atoms with van der Waals surface area (Å²) in [6.07, 6.45) is 0. The fourth-order valence-electron chi connectivity index (χ4n) is 3.89. The zero-order valence-corrected chi connectivity index (χ0v) is 21.2. The minimum Gasteiger partial charge on any atom is -0.326 e. The Bertz CT molecular complexity index is 1280. The van der Waals surface area contributed by atoms with Crippen LogP contribution in [0.1, 0.15) is 22.8 Å². The number of amides is 2. The van der Waals surface area contributed by atoms with Crippen LogP contribution in [-0.2, 0) is 10.2 Å². The molecule has 2 N–H and O–H groups in total. The Labute approximate surface area is 220 Å². The number of nitrogens with one attached hydrogen (secondary N) is 2. The maximum Gasteiger partial charge on any atom is 0.257 e. The van der Waals surface area contributed by atoms with Crippen LogP contribution in [0.15, 0.2) is 60.7 Å². The van der Waals surface area contributed by atoms with Crippen LogP contribution in [-0.4, -0.2) is 16.1 Å². The maximum atomic E-state index is 13.1. The van der Waals surface area contributed by atoms with Gasteiger partial charge in [-0.25, -0.2) is 4.39 Å². The molecule has 1 aliphatic carbocycles. The van der Waals surface area contributed by atoms with Crippen molar-refractivity contribution in [1.29, 1.82) is 0 Å². The van der Waals surface area contributed by atoms with E-state index in [1.807, 2.05) is 0 Å². The summed E-state index contributed by atoms with van der Waals surface area (Å²) in [6.45, 7) is 1.75. The summed E-state index contributed by atoms with van der Waals surface area (Å²) in [5.74, 6) is -2.22. The number of carbonyl (C=O) groups excluding carboxylic acids is 2. The van der Waals surface area contributed by atoms with Crippen molar-refractivity contribution < 1.29 is 14.0 Å². The minimum absolute atomic E-state index is 0.118. The van der Waals surface area contributed by atoms with Gasteiger partial charge in [0.25, 0.3) is 5.91 Å². The third-order valence-corrected chi connectivity index (χ3v) is 7.84. The first-order chi connectivity index (χ1) is 15.9. The lowest BCUT2D eigenvalue weighted by molar-refractivity contribution is -0.117. The number of rotatable bonds is 5. The van der Waals surface area contributed by atoms with Gasteiger partial charge in [-0.1, -0.05) is 64.9 Å². The summed E-state index contributed by atoms with van der Waals surface area (Å²) < 4.78 is 11.7. The molecule has 2 amide bonds. The molecule has 0 aliphatic heterocycles. The largest absolute Gasteiger partial charge is 0.326 e. The van der Waals surface area contributed by atoms with Crippen LogP contribution < -0.4 is 10.6 Å². The molecule has 1 aliphatic rings. The SMILES string of the molecule is C[C@]1(c2cc(Cl)cc(Cl)c2)[C@@H](C(=O)Nc2ccc(Cl)c(C(=O)Nc3ccc(F)cc3)c2)C1(Cl)Cl. The van der Waals surface area contributed by atoms with Crippen LogP contribution in [0.4, 0.5) is 15.8 Å². The summed E-state index contributed by atoms with van der Waals surface area (Å²) >= 11 is 31.5. The summed E-state index contributed by atoms with van der Waals surface area (Å²) in [6, 6.07) is 14.6. The zero-order chi connectivity index (χ0) is 24.8. The van der Waals surface area contributed by atoms with Gasteiger partial charge in [0.2, 0.25) is 5.91 Å². The van der Waals surface area contributed by atoms with Crippen LogP contribution in [0.3, 0.4) is 0 Å². The number of carbonyl (C=O) groups is 2. The number of hydrogen-bond donors (Lipinski definition) is 2. The highest BCUT2D eigenvalue weighted by atomic mass is 35.5. The molecule has 4 nitrogen and oxygen atoms in total. The van der Waals surface area contributed by atoms with Gasteiger partial charge in [0.05, 0.1) is 16.5 Å². The molecule has 2 atom stereocenters. The lowest BCUT2D eigenvalue weighted by atomic mass is 9.95. The second kappa shape index (κ2) is 9.21. The average Bonchev–Trinajstić information content (AvgIpc) is 3.23. The standard InChI is InChI=1S/C24H16Cl5FN2O2/c1-23(12-8-13(25)10-14(26)9-12)20(24(23,28)29)22(34)32-17-6-7-19(27)18(11-17)21(33)31-16-4-2-15(30)3-5-16/h2-11,20H,1H3,(H,31,33)(H,32,34)/t20-,23+/m1/s1. The van der Waals surface area contributed by atoms with Gasteiger partial charge >= 0.3 is 0 Å². The maximum absolute atomic E-state index is 13.1. The average molecular weight is 561 g/mol. The molecule has 0 saturated heterocycles. The van der Waals surface area contributed by atoms with Crippen molar-refractivity contribution in [2.45, 2.75) is 16.7 Å². The molecule has 0 unspecified atom stereocenters. The van der Waals surface area contributed by atoms with Crippen molar-refractivity contribution >= 4 is 81.2 Å². The van der Waals surface area contributed by atoms with E-state index in [1.54, 1.807) is 31.2 Å². The van der Waals surface area contributed by atoms with E-state index < -0.39 is 33.3 Å². The Morgan fingerprint density at radius 3 is 2.06 bits per heavy atom. The van der Waals surface area contributed by atoms with Gasteiger partial charge in [0, 0.05) is 26.8 Å². The Morgan fingerprint density at radius 2 is 1.44 bits per heavy atom. The minimum atomic E-state index is -1.40. The molecule has 0 heterocycles. The zero-order valence-electron chi connectivity index (χ0n) is 17.4. The van der Waals surface area contributed by atoms with E-state index in [0.29, 0.717) is 27.0 Å². The van der Waals surface area contributed by atoms with Crippen molar-refractivity contribution in [2.75, 3.05) is 10.6 Å². The van der Waals surface area contributed by atoms with E-state index in [1.165, 1.54) is 36.4 Å². The van der Waals surface area contributed by atoms with Gasteiger partial charge in [-0.3, -0.25) is 9.59 Å². The van der Waals surface area contributed by atoms with E-state index in [2.05, 4.69) is 10.6 Å². The van der Waals surface area contributed by atoms with E-state index in [0.717, 1.165) is 0 Å². The fraction of sp³-hybridized carbons (Fsp3) is 0.167. The molecule has 3 aromatic rings. The van der Waals surface area contributed by atoms with Crippen LogP contribution >= 0.6 is 58.0 Å². The second-order valence-corrected chi connectivity index (χ2v) is 10.7. The quantitative estimate of drug-likeness (QED) is 0.314. The number of hydrogen-bond acceptors (Lipinski definition) is 2. The molecule has 0 radical (unpaired) electrons.